The van der Waals surface area contributed by atoms with Crippen molar-refractivity contribution in [3.63, 3.8) is 0 Å². The second-order valence-corrected chi connectivity index (χ2v) is 11.5. The molecule has 0 bridgehead atoms. The number of piperidine rings is 2. The number of carbonyl (C=O) groups excluding carboxylic acids is 1. The third kappa shape index (κ3) is 5.51. The van der Waals surface area contributed by atoms with Crippen LogP contribution in [0.5, 0.6) is 0 Å². The number of benzene rings is 2. The van der Waals surface area contributed by atoms with Gasteiger partial charge in [-0.15, -0.1) is 0 Å². The Balaban J connectivity index is 1.25. The highest BCUT2D eigenvalue weighted by atomic mass is 32.2. The SMILES string of the molecule is Cc1ccc(CCC2CCN(C(=O)C3CCN(S(=O)(=O)c4ccccc4C#N)CC3)CC2)cc1. The molecule has 2 aliphatic heterocycles. The Bertz CT molecular complexity index is 1140. The van der Waals surface area contributed by atoms with Crippen molar-refractivity contribution in [2.45, 2.75) is 50.3 Å². The van der Waals surface area contributed by atoms with Crippen molar-refractivity contribution in [1.29, 1.82) is 5.26 Å². The van der Waals surface area contributed by atoms with Crippen molar-refractivity contribution >= 4 is 15.9 Å². The highest BCUT2D eigenvalue weighted by molar-refractivity contribution is 7.89. The number of sulfonamides is 1. The van der Waals surface area contributed by atoms with Crippen molar-refractivity contribution in [1.82, 2.24) is 9.21 Å². The van der Waals surface area contributed by atoms with Gasteiger partial charge in [-0.1, -0.05) is 42.0 Å². The van der Waals surface area contributed by atoms with E-state index in [0.29, 0.717) is 31.8 Å². The summed E-state index contributed by atoms with van der Waals surface area (Å²) in [4.78, 5) is 15.2. The van der Waals surface area contributed by atoms with E-state index in [1.165, 1.54) is 27.6 Å². The molecule has 2 heterocycles. The maximum Gasteiger partial charge on any atom is 0.244 e. The molecule has 2 saturated heterocycles. The van der Waals surface area contributed by atoms with Gasteiger partial charge in [0.15, 0.2) is 0 Å². The Kier molecular flexibility index (Phi) is 7.70. The quantitative estimate of drug-likeness (QED) is 0.624. The van der Waals surface area contributed by atoms with Crippen LogP contribution in [0, 0.1) is 30.1 Å². The molecule has 0 spiro atoms. The molecule has 1 amide bonds. The third-order valence-corrected chi connectivity index (χ3v) is 9.27. The van der Waals surface area contributed by atoms with E-state index in [2.05, 4.69) is 31.2 Å². The number of nitrogens with zero attached hydrogens (tertiary/aromatic N) is 3. The monoisotopic (exact) mass is 479 g/mol. The van der Waals surface area contributed by atoms with E-state index >= 15 is 0 Å². The van der Waals surface area contributed by atoms with E-state index in [0.717, 1.165) is 38.8 Å². The summed E-state index contributed by atoms with van der Waals surface area (Å²) in [5, 5.41) is 9.28. The maximum atomic E-state index is 13.1. The molecular weight excluding hydrogens is 446 g/mol. The molecule has 180 valence electrons. The molecule has 6 nitrogen and oxygen atoms in total. The van der Waals surface area contributed by atoms with Crippen LogP contribution >= 0.6 is 0 Å². The largest absolute Gasteiger partial charge is 0.342 e. The van der Waals surface area contributed by atoms with Crippen LogP contribution in [0.2, 0.25) is 0 Å². The van der Waals surface area contributed by atoms with Gasteiger partial charge < -0.3 is 4.90 Å². The van der Waals surface area contributed by atoms with Gasteiger partial charge in [0.2, 0.25) is 15.9 Å². The average molecular weight is 480 g/mol. The Morgan fingerprint density at radius 3 is 2.26 bits per heavy atom. The summed E-state index contributed by atoms with van der Waals surface area (Å²) in [7, 11) is -3.73. The lowest BCUT2D eigenvalue weighted by Gasteiger charge is -2.37. The smallest absolute Gasteiger partial charge is 0.244 e. The van der Waals surface area contributed by atoms with Gasteiger partial charge in [0, 0.05) is 32.1 Å². The second-order valence-electron chi connectivity index (χ2n) is 9.58. The fourth-order valence-electron chi connectivity index (χ4n) is 5.09. The third-order valence-electron chi connectivity index (χ3n) is 7.32. The van der Waals surface area contributed by atoms with Gasteiger partial charge >= 0.3 is 0 Å². The number of rotatable bonds is 6. The lowest BCUT2D eigenvalue weighted by atomic mass is 9.89. The molecule has 7 heteroatoms. The molecule has 0 saturated carbocycles. The van der Waals surface area contributed by atoms with Crippen LogP contribution in [0.1, 0.15) is 48.8 Å². The zero-order chi connectivity index (χ0) is 24.1. The van der Waals surface area contributed by atoms with E-state index in [4.69, 9.17) is 0 Å². The Morgan fingerprint density at radius 1 is 0.971 bits per heavy atom. The molecule has 0 radical (unpaired) electrons. The van der Waals surface area contributed by atoms with Crippen LogP contribution < -0.4 is 0 Å². The molecule has 0 unspecified atom stereocenters. The fraction of sp³-hybridized carbons (Fsp3) is 0.481. The van der Waals surface area contributed by atoms with Crippen LogP contribution in [0.25, 0.3) is 0 Å². The van der Waals surface area contributed by atoms with Crippen molar-refractivity contribution in [3.8, 4) is 6.07 Å². The van der Waals surface area contributed by atoms with Crippen LogP contribution in [0.15, 0.2) is 53.4 Å². The number of aryl methyl sites for hydroxylation is 2. The van der Waals surface area contributed by atoms with Gasteiger partial charge in [-0.05, 0) is 69.1 Å². The first-order valence-corrected chi connectivity index (χ1v) is 13.7. The Hall–Kier alpha value is -2.69. The van der Waals surface area contributed by atoms with Crippen LogP contribution in [-0.2, 0) is 21.2 Å². The van der Waals surface area contributed by atoms with E-state index in [1.54, 1.807) is 12.1 Å². The molecule has 34 heavy (non-hydrogen) atoms. The standard InChI is InChI=1S/C27H33N3O3S/c1-21-6-8-22(9-7-21)10-11-23-12-16-29(17-13-23)27(31)24-14-18-30(19-15-24)34(32,33)26-5-3-2-4-25(26)20-28/h2-9,23-24H,10-19H2,1H3. The van der Waals surface area contributed by atoms with Gasteiger partial charge in [-0.3, -0.25) is 4.79 Å². The molecular formula is C27H33N3O3S. The minimum atomic E-state index is -3.73. The predicted octanol–water partition coefficient (Wildman–Crippen LogP) is 4.14. The number of likely N-dealkylation sites (tertiary alicyclic amines) is 1. The average Bonchev–Trinajstić information content (AvgIpc) is 2.88. The van der Waals surface area contributed by atoms with Crippen LogP contribution in [0.4, 0.5) is 0 Å². The highest BCUT2D eigenvalue weighted by Gasteiger charge is 2.35. The summed E-state index contributed by atoms with van der Waals surface area (Å²) >= 11 is 0. The minimum absolute atomic E-state index is 0.0509. The topological polar surface area (TPSA) is 81.5 Å². The summed E-state index contributed by atoms with van der Waals surface area (Å²) in [5.41, 5.74) is 2.82. The molecule has 2 aromatic carbocycles. The van der Waals surface area contributed by atoms with E-state index < -0.39 is 10.0 Å². The lowest BCUT2D eigenvalue weighted by Crippen LogP contribution is -2.46. The molecule has 0 aromatic heterocycles. The number of hydrogen-bond acceptors (Lipinski definition) is 4. The van der Waals surface area contributed by atoms with E-state index in [1.807, 2.05) is 11.0 Å². The van der Waals surface area contributed by atoms with Crippen LogP contribution in [-0.4, -0.2) is 49.7 Å². The minimum Gasteiger partial charge on any atom is -0.342 e. The summed E-state index contributed by atoms with van der Waals surface area (Å²) in [6.07, 6.45) is 5.37. The Labute approximate surface area is 203 Å². The van der Waals surface area contributed by atoms with Gasteiger partial charge in [0.1, 0.15) is 6.07 Å². The zero-order valence-electron chi connectivity index (χ0n) is 19.8. The first-order valence-electron chi connectivity index (χ1n) is 12.2. The first-order chi connectivity index (χ1) is 16.4. The van der Waals surface area contributed by atoms with E-state index in [-0.39, 0.29) is 22.3 Å². The number of nitriles is 1. The highest BCUT2D eigenvalue weighted by Crippen LogP contribution is 2.29. The number of carbonyl (C=O) groups is 1. The van der Waals surface area contributed by atoms with Crippen molar-refractivity contribution in [2.24, 2.45) is 11.8 Å². The number of hydrogen-bond donors (Lipinski definition) is 0. The van der Waals surface area contributed by atoms with Crippen molar-refractivity contribution in [3.05, 3.63) is 65.2 Å². The molecule has 4 rings (SSSR count). The molecule has 0 N–H and O–H groups in total. The second kappa shape index (κ2) is 10.7. The van der Waals surface area contributed by atoms with Gasteiger partial charge in [-0.25, -0.2) is 8.42 Å². The Morgan fingerprint density at radius 2 is 1.62 bits per heavy atom. The molecule has 0 aliphatic carbocycles. The normalized spacial score (nSPS) is 18.5. The van der Waals surface area contributed by atoms with E-state index in [9.17, 15) is 18.5 Å². The van der Waals surface area contributed by atoms with Gasteiger partial charge in [-0.2, -0.15) is 9.57 Å². The lowest BCUT2D eigenvalue weighted by molar-refractivity contribution is -0.138. The predicted molar refractivity (Wildman–Crippen MR) is 131 cm³/mol. The van der Waals surface area contributed by atoms with Crippen molar-refractivity contribution < 1.29 is 13.2 Å². The summed E-state index contributed by atoms with van der Waals surface area (Å²) in [5.74, 6) is 0.700. The molecule has 2 fully saturated rings. The van der Waals surface area contributed by atoms with Gasteiger partial charge in [0.25, 0.3) is 0 Å². The maximum absolute atomic E-state index is 13.1. The summed E-state index contributed by atoms with van der Waals surface area (Å²) in [6.45, 7) is 4.32. The summed E-state index contributed by atoms with van der Waals surface area (Å²) in [6, 6.07) is 17.0. The number of amides is 1. The molecule has 2 aliphatic rings. The summed E-state index contributed by atoms with van der Waals surface area (Å²) < 4.78 is 27.5. The van der Waals surface area contributed by atoms with Crippen molar-refractivity contribution in [2.75, 3.05) is 26.2 Å². The molecule has 2 aromatic rings. The molecule has 0 atom stereocenters. The van der Waals surface area contributed by atoms with Gasteiger partial charge in [0.05, 0.1) is 10.5 Å². The zero-order valence-corrected chi connectivity index (χ0v) is 20.6. The van der Waals surface area contributed by atoms with Crippen LogP contribution in [0.3, 0.4) is 0 Å². The first kappa shape index (κ1) is 24.4. The fourth-order valence-corrected chi connectivity index (χ4v) is 6.70.